The molecule has 98 valence electrons. The van der Waals surface area contributed by atoms with E-state index in [1.165, 1.54) is 19.2 Å². The normalized spacial score (nSPS) is 12.8. The molecule has 1 aromatic carbocycles. The van der Waals surface area contributed by atoms with Crippen molar-refractivity contribution in [3.05, 3.63) is 29.6 Å². The van der Waals surface area contributed by atoms with Crippen LogP contribution in [0.2, 0.25) is 0 Å². The van der Waals surface area contributed by atoms with E-state index in [2.05, 4.69) is 0 Å². The van der Waals surface area contributed by atoms with E-state index in [0.29, 0.717) is 11.3 Å². The van der Waals surface area contributed by atoms with Crippen LogP contribution in [0.4, 0.5) is 4.39 Å². The Morgan fingerprint density at radius 1 is 1.47 bits per heavy atom. The monoisotopic (exact) mass is 263 g/mol. The molecule has 0 fully saturated rings. The van der Waals surface area contributed by atoms with Gasteiger partial charge in [-0.3, -0.25) is 0 Å². The maximum absolute atomic E-state index is 13.0. The number of ether oxygens (including phenoxy) is 1. The van der Waals surface area contributed by atoms with Gasteiger partial charge in [-0.15, -0.1) is 12.4 Å². The minimum Gasteiger partial charge on any atom is -0.496 e. The molecule has 0 heterocycles. The van der Waals surface area contributed by atoms with Crippen LogP contribution >= 0.6 is 12.4 Å². The first-order valence-corrected chi connectivity index (χ1v) is 5.12. The summed E-state index contributed by atoms with van der Waals surface area (Å²) >= 11 is 0. The Morgan fingerprint density at radius 2 is 2.06 bits per heavy atom. The third kappa shape index (κ3) is 3.56. The third-order valence-electron chi connectivity index (χ3n) is 2.78. The number of rotatable bonds is 4. The van der Waals surface area contributed by atoms with Gasteiger partial charge in [-0.25, -0.2) is 4.39 Å². The average molecular weight is 264 g/mol. The van der Waals surface area contributed by atoms with Crippen LogP contribution in [-0.4, -0.2) is 18.8 Å². The van der Waals surface area contributed by atoms with Crippen LogP contribution in [-0.2, 0) is 0 Å². The first-order chi connectivity index (χ1) is 7.42. The lowest BCUT2D eigenvalue weighted by Crippen LogP contribution is -2.32. The molecule has 5 heteroatoms. The number of hydrogen-bond donors (Lipinski definition) is 2. The van der Waals surface area contributed by atoms with Crippen molar-refractivity contribution in [3.8, 4) is 5.75 Å². The highest BCUT2D eigenvalue weighted by atomic mass is 35.5. The molecule has 17 heavy (non-hydrogen) atoms. The fraction of sp³-hybridized carbons (Fsp3) is 0.500. The zero-order valence-corrected chi connectivity index (χ0v) is 11.1. The maximum Gasteiger partial charge on any atom is 0.126 e. The maximum atomic E-state index is 13.0. The van der Waals surface area contributed by atoms with E-state index in [0.717, 1.165) is 0 Å². The van der Waals surface area contributed by atoms with Gasteiger partial charge in [0.05, 0.1) is 7.11 Å². The topological polar surface area (TPSA) is 55.5 Å². The highest BCUT2D eigenvalue weighted by molar-refractivity contribution is 5.85. The quantitative estimate of drug-likeness (QED) is 0.876. The van der Waals surface area contributed by atoms with Crippen LogP contribution in [0.25, 0.3) is 0 Å². The Bertz CT molecular complexity index is 372. The van der Waals surface area contributed by atoms with Crippen molar-refractivity contribution in [2.45, 2.75) is 19.9 Å². The number of aliphatic hydroxyl groups excluding tert-OH is 1. The summed E-state index contributed by atoms with van der Waals surface area (Å²) in [7, 11) is 1.47. The molecule has 0 aliphatic carbocycles. The van der Waals surface area contributed by atoms with Gasteiger partial charge >= 0.3 is 0 Å². The highest BCUT2D eigenvalue weighted by Gasteiger charge is 2.29. The molecule has 0 spiro atoms. The summed E-state index contributed by atoms with van der Waals surface area (Å²) in [5, 5.41) is 9.25. The van der Waals surface area contributed by atoms with Gasteiger partial charge in [-0.1, -0.05) is 19.9 Å². The van der Waals surface area contributed by atoms with Gasteiger partial charge in [-0.2, -0.15) is 0 Å². The summed E-state index contributed by atoms with van der Waals surface area (Å²) in [6.45, 7) is 3.65. The molecule has 3 nitrogen and oxygen atoms in total. The second kappa shape index (κ2) is 6.19. The second-order valence-electron chi connectivity index (χ2n) is 4.51. The summed E-state index contributed by atoms with van der Waals surface area (Å²) in [4.78, 5) is 0. The molecular weight excluding hydrogens is 245 g/mol. The molecule has 3 N–H and O–H groups in total. The number of methoxy groups -OCH3 is 1. The Kier molecular flexibility index (Phi) is 5.88. The molecule has 0 amide bonds. The molecule has 0 saturated carbocycles. The first-order valence-electron chi connectivity index (χ1n) is 5.12. The summed E-state index contributed by atoms with van der Waals surface area (Å²) in [6, 6.07) is 3.82. The standard InChI is InChI=1S/C12H18FNO2.ClH/c1-12(2,7-15)11(14)9-5-4-8(13)6-10(9)16-3;/h4-6,11,15H,7,14H2,1-3H3;1H/t11-;/m0./s1. The fourth-order valence-corrected chi connectivity index (χ4v) is 1.46. The van der Waals surface area contributed by atoms with E-state index < -0.39 is 11.5 Å². The van der Waals surface area contributed by atoms with Crippen molar-refractivity contribution in [2.24, 2.45) is 11.1 Å². The van der Waals surface area contributed by atoms with Crippen LogP contribution < -0.4 is 10.5 Å². The lowest BCUT2D eigenvalue weighted by Gasteiger charge is -2.30. The first kappa shape index (κ1) is 16.2. The molecule has 1 rings (SSSR count). The van der Waals surface area contributed by atoms with Gasteiger partial charge in [0.25, 0.3) is 0 Å². The van der Waals surface area contributed by atoms with Crippen molar-refractivity contribution in [1.29, 1.82) is 0 Å². The Hall–Kier alpha value is -0.840. The smallest absolute Gasteiger partial charge is 0.126 e. The number of benzene rings is 1. The van der Waals surface area contributed by atoms with Crippen LogP contribution in [0.15, 0.2) is 18.2 Å². The zero-order chi connectivity index (χ0) is 12.3. The minimum atomic E-state index is -0.481. The molecule has 0 bridgehead atoms. The van der Waals surface area contributed by atoms with Crippen LogP contribution in [0.3, 0.4) is 0 Å². The lowest BCUT2D eigenvalue weighted by atomic mass is 9.81. The van der Waals surface area contributed by atoms with Gasteiger partial charge in [0.15, 0.2) is 0 Å². The molecule has 1 aromatic rings. The molecule has 0 radical (unpaired) electrons. The summed E-state index contributed by atoms with van der Waals surface area (Å²) < 4.78 is 18.1. The van der Waals surface area contributed by atoms with Crippen LogP contribution in [0.1, 0.15) is 25.5 Å². The lowest BCUT2D eigenvalue weighted by molar-refractivity contribution is 0.131. The van der Waals surface area contributed by atoms with E-state index in [-0.39, 0.29) is 24.8 Å². The van der Waals surface area contributed by atoms with Gasteiger partial charge in [-0.05, 0) is 6.07 Å². The van der Waals surface area contributed by atoms with E-state index in [1.54, 1.807) is 6.07 Å². The molecule has 0 unspecified atom stereocenters. The van der Waals surface area contributed by atoms with Gasteiger partial charge in [0.2, 0.25) is 0 Å². The van der Waals surface area contributed by atoms with Crippen LogP contribution in [0, 0.1) is 11.2 Å². The van der Waals surface area contributed by atoms with E-state index >= 15 is 0 Å². The Morgan fingerprint density at radius 3 is 2.53 bits per heavy atom. The fourth-order valence-electron chi connectivity index (χ4n) is 1.46. The SMILES string of the molecule is COc1cc(F)ccc1[C@H](N)C(C)(C)CO.Cl. The summed E-state index contributed by atoms with van der Waals surface area (Å²) in [5.74, 6) is 0.0450. The number of halogens is 2. The van der Waals surface area contributed by atoms with Gasteiger partial charge in [0.1, 0.15) is 11.6 Å². The Labute approximate surface area is 107 Å². The van der Waals surface area contributed by atoms with E-state index in [9.17, 15) is 9.50 Å². The molecular formula is C12H19ClFNO2. The van der Waals surface area contributed by atoms with Crippen molar-refractivity contribution in [1.82, 2.24) is 0 Å². The van der Waals surface area contributed by atoms with Crippen LogP contribution in [0.5, 0.6) is 5.75 Å². The highest BCUT2D eigenvalue weighted by Crippen LogP contribution is 2.35. The molecule has 0 saturated heterocycles. The Balaban J connectivity index is 0.00000256. The molecule has 0 aliphatic rings. The number of aliphatic hydroxyl groups is 1. The molecule has 1 atom stereocenters. The summed E-state index contributed by atoms with van der Waals surface area (Å²) in [5.41, 5.74) is 6.26. The van der Waals surface area contributed by atoms with E-state index in [1.807, 2.05) is 13.8 Å². The van der Waals surface area contributed by atoms with Crippen molar-refractivity contribution >= 4 is 12.4 Å². The van der Waals surface area contributed by atoms with Crippen molar-refractivity contribution < 1.29 is 14.2 Å². The third-order valence-corrected chi connectivity index (χ3v) is 2.78. The number of nitrogens with two attached hydrogens (primary N) is 1. The predicted octanol–water partition coefficient (Wildman–Crippen LogP) is 2.27. The van der Waals surface area contributed by atoms with Gasteiger partial charge in [0, 0.05) is 29.7 Å². The van der Waals surface area contributed by atoms with Crippen molar-refractivity contribution in [3.63, 3.8) is 0 Å². The van der Waals surface area contributed by atoms with Gasteiger partial charge < -0.3 is 15.6 Å². The second-order valence-corrected chi connectivity index (χ2v) is 4.51. The minimum absolute atomic E-state index is 0. The largest absolute Gasteiger partial charge is 0.496 e. The van der Waals surface area contributed by atoms with Crippen molar-refractivity contribution in [2.75, 3.05) is 13.7 Å². The molecule has 0 aliphatic heterocycles. The molecule has 0 aromatic heterocycles. The number of hydrogen-bond acceptors (Lipinski definition) is 3. The zero-order valence-electron chi connectivity index (χ0n) is 10.2. The van der Waals surface area contributed by atoms with E-state index in [4.69, 9.17) is 10.5 Å². The average Bonchev–Trinajstić information content (AvgIpc) is 2.27. The summed E-state index contributed by atoms with van der Waals surface area (Å²) in [6.07, 6.45) is 0. The predicted molar refractivity (Wildman–Crippen MR) is 68.0 cm³/mol.